The fourth-order valence-corrected chi connectivity index (χ4v) is 3.36. The molecule has 0 aliphatic carbocycles. The molecule has 0 N–H and O–H groups in total. The van der Waals surface area contributed by atoms with Crippen LogP contribution >= 0.6 is 0 Å². The monoisotopic (exact) mass is 355 g/mol. The molecular weight excluding hydrogens is 330 g/mol. The summed E-state index contributed by atoms with van der Waals surface area (Å²) in [5.41, 5.74) is 2.58. The summed E-state index contributed by atoms with van der Waals surface area (Å²) < 4.78 is 6.96. The molecule has 2 heterocycles. The number of esters is 1. The summed E-state index contributed by atoms with van der Waals surface area (Å²) in [5, 5.41) is 4.39. The van der Waals surface area contributed by atoms with Crippen molar-refractivity contribution in [2.45, 2.75) is 33.2 Å². The molecule has 1 atom stereocenters. The lowest BCUT2D eigenvalue weighted by atomic mass is 9.97. The van der Waals surface area contributed by atoms with E-state index in [2.05, 4.69) is 5.10 Å². The molecule has 0 radical (unpaired) electrons. The lowest BCUT2D eigenvalue weighted by Gasteiger charge is -2.31. The molecule has 0 unspecified atom stereocenters. The highest BCUT2D eigenvalue weighted by Crippen LogP contribution is 2.21. The number of aromatic nitrogens is 2. The van der Waals surface area contributed by atoms with Gasteiger partial charge in [-0.1, -0.05) is 30.3 Å². The molecule has 1 fully saturated rings. The van der Waals surface area contributed by atoms with Gasteiger partial charge in [-0.25, -0.2) is 0 Å². The maximum atomic E-state index is 12.9. The van der Waals surface area contributed by atoms with Crippen LogP contribution in [-0.2, 0) is 16.1 Å². The number of benzene rings is 1. The van der Waals surface area contributed by atoms with Crippen LogP contribution in [0.5, 0.6) is 0 Å². The van der Waals surface area contributed by atoms with Gasteiger partial charge in [-0.05, 0) is 32.3 Å². The predicted octanol–water partition coefficient (Wildman–Crippen LogP) is 2.66. The third-order valence-electron chi connectivity index (χ3n) is 4.84. The first-order valence-corrected chi connectivity index (χ1v) is 9.12. The highest BCUT2D eigenvalue weighted by molar-refractivity contribution is 5.95. The largest absolute Gasteiger partial charge is 0.466 e. The number of amides is 1. The Labute approximate surface area is 153 Å². The lowest BCUT2D eigenvalue weighted by Crippen LogP contribution is -2.43. The van der Waals surface area contributed by atoms with Gasteiger partial charge in [0.25, 0.3) is 5.91 Å². The molecule has 3 rings (SSSR count). The molecule has 1 aromatic heterocycles. The molecule has 6 heteroatoms. The van der Waals surface area contributed by atoms with Crippen molar-refractivity contribution in [2.24, 2.45) is 5.92 Å². The first-order chi connectivity index (χ1) is 12.6. The van der Waals surface area contributed by atoms with E-state index < -0.39 is 0 Å². The van der Waals surface area contributed by atoms with Gasteiger partial charge < -0.3 is 9.64 Å². The van der Waals surface area contributed by atoms with Crippen LogP contribution in [0.2, 0.25) is 0 Å². The van der Waals surface area contributed by atoms with Gasteiger partial charge in [0, 0.05) is 18.8 Å². The molecule has 1 aliphatic rings. The fourth-order valence-electron chi connectivity index (χ4n) is 3.36. The summed E-state index contributed by atoms with van der Waals surface area (Å²) in [5.74, 6) is -0.496. The maximum absolute atomic E-state index is 12.9. The number of hydrogen-bond acceptors (Lipinski definition) is 4. The Balaban J connectivity index is 1.71. The van der Waals surface area contributed by atoms with Crippen molar-refractivity contribution in [1.29, 1.82) is 0 Å². The van der Waals surface area contributed by atoms with Crippen molar-refractivity contribution in [2.75, 3.05) is 19.7 Å². The molecule has 0 spiro atoms. The second-order valence-electron chi connectivity index (χ2n) is 6.63. The van der Waals surface area contributed by atoms with Gasteiger partial charge in [0.15, 0.2) is 0 Å². The molecule has 2 aromatic rings. The van der Waals surface area contributed by atoms with Crippen LogP contribution in [0.1, 0.15) is 41.4 Å². The Morgan fingerprint density at radius 3 is 2.77 bits per heavy atom. The van der Waals surface area contributed by atoms with E-state index in [9.17, 15) is 9.59 Å². The van der Waals surface area contributed by atoms with Crippen molar-refractivity contribution in [3.8, 4) is 0 Å². The van der Waals surface area contributed by atoms with E-state index in [1.165, 1.54) is 0 Å². The molecule has 1 amide bonds. The Kier molecular flexibility index (Phi) is 5.71. The van der Waals surface area contributed by atoms with Crippen molar-refractivity contribution in [1.82, 2.24) is 14.7 Å². The molecule has 26 heavy (non-hydrogen) atoms. The molecular formula is C20H25N3O3. The minimum atomic E-state index is -0.229. The average molecular weight is 355 g/mol. The Morgan fingerprint density at radius 2 is 2.04 bits per heavy atom. The molecule has 6 nitrogen and oxygen atoms in total. The Hall–Kier alpha value is -2.63. The van der Waals surface area contributed by atoms with Crippen LogP contribution in [0.25, 0.3) is 0 Å². The summed E-state index contributed by atoms with van der Waals surface area (Å²) in [6.07, 6.45) is 3.22. The zero-order valence-electron chi connectivity index (χ0n) is 15.4. The van der Waals surface area contributed by atoms with E-state index in [4.69, 9.17) is 4.74 Å². The molecule has 0 saturated carbocycles. The molecule has 1 aliphatic heterocycles. The first kappa shape index (κ1) is 18.2. The van der Waals surface area contributed by atoms with Gasteiger partial charge >= 0.3 is 5.97 Å². The standard InChI is InChI=1S/C20H25N3O3/c1-3-26-20(25)17-10-7-11-22(14-17)19(24)18-12-21-23(15(18)2)13-16-8-5-4-6-9-16/h4-6,8-9,12,17H,3,7,10-11,13-14H2,1-2H3/t17-/m1/s1. The topological polar surface area (TPSA) is 64.4 Å². The molecule has 0 bridgehead atoms. The summed E-state index contributed by atoms with van der Waals surface area (Å²) >= 11 is 0. The molecule has 1 aromatic carbocycles. The van der Waals surface area contributed by atoms with E-state index in [-0.39, 0.29) is 17.8 Å². The van der Waals surface area contributed by atoms with Gasteiger partial charge in [-0.3, -0.25) is 14.3 Å². The van der Waals surface area contributed by atoms with E-state index in [1.54, 1.807) is 18.0 Å². The summed E-state index contributed by atoms with van der Waals surface area (Å²) in [6.45, 7) is 5.79. The number of carbonyl (C=O) groups excluding carboxylic acids is 2. The molecule has 138 valence electrons. The molecule has 1 saturated heterocycles. The van der Waals surface area contributed by atoms with Crippen LogP contribution < -0.4 is 0 Å². The van der Waals surface area contributed by atoms with Crippen LogP contribution in [-0.4, -0.2) is 46.3 Å². The Bertz CT molecular complexity index is 770. The average Bonchev–Trinajstić information content (AvgIpc) is 3.03. The number of likely N-dealkylation sites (tertiary alicyclic amines) is 1. The van der Waals surface area contributed by atoms with E-state index in [0.717, 1.165) is 24.1 Å². The quantitative estimate of drug-likeness (QED) is 0.774. The zero-order valence-corrected chi connectivity index (χ0v) is 15.4. The van der Waals surface area contributed by atoms with Gasteiger partial charge in [0.05, 0.1) is 30.8 Å². The second-order valence-corrected chi connectivity index (χ2v) is 6.63. The van der Waals surface area contributed by atoms with Crippen LogP contribution in [0.15, 0.2) is 36.5 Å². The minimum absolute atomic E-state index is 0.0594. The number of nitrogens with zero attached hydrogens (tertiary/aromatic N) is 3. The van der Waals surface area contributed by atoms with E-state index in [0.29, 0.717) is 31.8 Å². The smallest absolute Gasteiger partial charge is 0.310 e. The fraction of sp³-hybridized carbons (Fsp3) is 0.450. The lowest BCUT2D eigenvalue weighted by molar-refractivity contribution is -0.149. The highest BCUT2D eigenvalue weighted by atomic mass is 16.5. The number of ether oxygens (including phenoxy) is 1. The second kappa shape index (κ2) is 8.17. The van der Waals surface area contributed by atoms with Crippen LogP contribution in [0.3, 0.4) is 0 Å². The number of piperidine rings is 1. The number of rotatable bonds is 5. The number of carbonyl (C=O) groups is 2. The summed E-state index contributed by atoms with van der Waals surface area (Å²) in [4.78, 5) is 26.7. The SMILES string of the molecule is CCOC(=O)[C@@H]1CCCN(C(=O)c2cnn(Cc3ccccc3)c2C)C1. The first-order valence-electron chi connectivity index (χ1n) is 9.12. The van der Waals surface area contributed by atoms with Crippen molar-refractivity contribution in [3.05, 3.63) is 53.3 Å². The van der Waals surface area contributed by atoms with E-state index >= 15 is 0 Å². The third-order valence-corrected chi connectivity index (χ3v) is 4.84. The van der Waals surface area contributed by atoms with E-state index in [1.807, 2.05) is 41.9 Å². The number of hydrogen-bond donors (Lipinski definition) is 0. The van der Waals surface area contributed by atoms with Gasteiger partial charge in [0.1, 0.15) is 0 Å². The highest BCUT2D eigenvalue weighted by Gasteiger charge is 2.31. The van der Waals surface area contributed by atoms with Gasteiger partial charge in [-0.15, -0.1) is 0 Å². The third kappa shape index (κ3) is 3.95. The predicted molar refractivity (Wildman–Crippen MR) is 97.8 cm³/mol. The normalized spacial score (nSPS) is 17.2. The maximum Gasteiger partial charge on any atom is 0.310 e. The van der Waals surface area contributed by atoms with Gasteiger partial charge in [-0.2, -0.15) is 5.10 Å². The van der Waals surface area contributed by atoms with Crippen molar-refractivity contribution >= 4 is 11.9 Å². The van der Waals surface area contributed by atoms with Gasteiger partial charge in [0.2, 0.25) is 0 Å². The summed E-state index contributed by atoms with van der Waals surface area (Å²) in [7, 11) is 0. The van der Waals surface area contributed by atoms with Crippen LogP contribution in [0, 0.1) is 12.8 Å². The zero-order chi connectivity index (χ0) is 18.5. The van der Waals surface area contributed by atoms with Crippen molar-refractivity contribution < 1.29 is 14.3 Å². The Morgan fingerprint density at radius 1 is 1.27 bits per heavy atom. The van der Waals surface area contributed by atoms with Crippen LogP contribution in [0.4, 0.5) is 0 Å². The van der Waals surface area contributed by atoms with Crippen molar-refractivity contribution in [3.63, 3.8) is 0 Å². The summed E-state index contributed by atoms with van der Waals surface area (Å²) in [6, 6.07) is 10.0. The minimum Gasteiger partial charge on any atom is -0.466 e.